The van der Waals surface area contributed by atoms with Crippen molar-refractivity contribution in [1.82, 2.24) is 14.9 Å². The van der Waals surface area contributed by atoms with E-state index in [4.69, 9.17) is 25.7 Å². The second-order valence-corrected chi connectivity index (χ2v) is 10.4. The van der Waals surface area contributed by atoms with Crippen LogP contribution >= 0.6 is 22.9 Å². The average Bonchev–Trinajstić information content (AvgIpc) is 3.40. The molecule has 1 aliphatic rings. The normalized spacial score (nSPS) is 14.7. The maximum Gasteiger partial charge on any atom is 0.259 e. The second kappa shape index (κ2) is 11.0. The van der Waals surface area contributed by atoms with Gasteiger partial charge < -0.3 is 19.2 Å². The molecule has 184 valence electrons. The molecule has 0 saturated carbocycles. The van der Waals surface area contributed by atoms with E-state index in [0.717, 1.165) is 41.7 Å². The van der Waals surface area contributed by atoms with Crippen molar-refractivity contribution < 1.29 is 14.3 Å². The Balaban J connectivity index is 1.32. The van der Waals surface area contributed by atoms with Crippen molar-refractivity contribution in [3.8, 4) is 5.75 Å². The smallest absolute Gasteiger partial charge is 0.259 e. The van der Waals surface area contributed by atoms with Crippen LogP contribution in [-0.2, 0) is 25.9 Å². The molecule has 0 fully saturated rings. The van der Waals surface area contributed by atoms with Gasteiger partial charge in [-0.3, -0.25) is 9.69 Å². The van der Waals surface area contributed by atoms with Gasteiger partial charge in [0.1, 0.15) is 34.9 Å². The lowest BCUT2D eigenvalue weighted by molar-refractivity contribution is 0.0595. The molecule has 0 aliphatic heterocycles. The van der Waals surface area contributed by atoms with Crippen LogP contribution in [0.25, 0.3) is 10.2 Å². The zero-order chi connectivity index (χ0) is 24.2. The summed E-state index contributed by atoms with van der Waals surface area (Å²) in [6, 6.07) is 10.7. The number of thiophene rings is 1. The van der Waals surface area contributed by atoms with Crippen LogP contribution in [0.1, 0.15) is 41.3 Å². The van der Waals surface area contributed by atoms with Crippen molar-refractivity contribution in [2.75, 3.05) is 13.2 Å². The number of halogens is 1. The lowest BCUT2D eigenvalue weighted by atomic mass is 10.1. The highest BCUT2D eigenvalue weighted by Gasteiger charge is 2.21. The highest BCUT2D eigenvalue weighted by molar-refractivity contribution is 7.18. The summed E-state index contributed by atoms with van der Waals surface area (Å²) < 4.78 is 11.2. The molecule has 0 bridgehead atoms. The highest BCUT2D eigenvalue weighted by atomic mass is 35.5. The van der Waals surface area contributed by atoms with Gasteiger partial charge in [0.2, 0.25) is 0 Å². The highest BCUT2D eigenvalue weighted by Crippen LogP contribution is 2.32. The Hall–Kier alpha value is -2.65. The van der Waals surface area contributed by atoms with E-state index in [9.17, 15) is 9.90 Å². The number of aromatic amines is 1. The van der Waals surface area contributed by atoms with Crippen LogP contribution in [0.15, 0.2) is 51.9 Å². The third-order valence-corrected chi connectivity index (χ3v) is 7.62. The third kappa shape index (κ3) is 5.95. The lowest BCUT2D eigenvalue weighted by Crippen LogP contribution is -2.35. The molecule has 1 aromatic carbocycles. The van der Waals surface area contributed by atoms with Gasteiger partial charge in [-0.1, -0.05) is 18.0 Å². The van der Waals surface area contributed by atoms with Crippen LogP contribution in [0.5, 0.6) is 5.75 Å². The molecule has 35 heavy (non-hydrogen) atoms. The largest absolute Gasteiger partial charge is 0.491 e. The molecule has 0 radical (unpaired) electrons. The standard InChI is InChI=1S/C26H28ClN3O4S/c27-17-8-10-19(11-9-17)34-16-18(31)13-30(14-20-5-4-12-33-20)15-23-28-25(32)24-21-6-2-1-3-7-22(21)35-26(24)29-23/h4-5,8-12,18,31H,1-3,6-7,13-16H2,(H,28,29,32). The number of hydrogen-bond donors (Lipinski definition) is 2. The van der Waals surface area contributed by atoms with Crippen molar-refractivity contribution in [1.29, 1.82) is 0 Å². The zero-order valence-electron chi connectivity index (χ0n) is 19.3. The number of hydrogen-bond acceptors (Lipinski definition) is 7. The summed E-state index contributed by atoms with van der Waals surface area (Å²) in [7, 11) is 0. The molecular weight excluding hydrogens is 486 g/mol. The molecule has 4 aromatic rings. The van der Waals surface area contributed by atoms with E-state index < -0.39 is 6.10 Å². The fourth-order valence-corrected chi connectivity index (χ4v) is 5.96. The minimum absolute atomic E-state index is 0.0750. The number of benzene rings is 1. The molecule has 5 rings (SSSR count). The minimum Gasteiger partial charge on any atom is -0.491 e. The number of aromatic nitrogens is 2. The molecule has 1 atom stereocenters. The van der Waals surface area contributed by atoms with Gasteiger partial charge in [-0.25, -0.2) is 4.98 Å². The van der Waals surface area contributed by atoms with Gasteiger partial charge in [0, 0.05) is 16.4 Å². The van der Waals surface area contributed by atoms with Crippen molar-refractivity contribution >= 4 is 33.2 Å². The second-order valence-electron chi connectivity index (χ2n) is 8.92. The molecule has 7 nitrogen and oxygen atoms in total. The number of nitrogens with zero attached hydrogens (tertiary/aromatic N) is 2. The van der Waals surface area contributed by atoms with Gasteiger partial charge in [-0.15, -0.1) is 11.3 Å². The maximum absolute atomic E-state index is 13.0. The molecule has 0 saturated heterocycles. The van der Waals surface area contributed by atoms with Crippen molar-refractivity contribution in [2.24, 2.45) is 0 Å². The number of nitrogens with one attached hydrogen (secondary N) is 1. The van der Waals surface area contributed by atoms with Crippen LogP contribution < -0.4 is 10.3 Å². The Morgan fingerprint density at radius 2 is 2.00 bits per heavy atom. The number of aliphatic hydroxyl groups is 1. The van der Waals surface area contributed by atoms with Crippen molar-refractivity contribution in [3.63, 3.8) is 0 Å². The monoisotopic (exact) mass is 513 g/mol. The van der Waals surface area contributed by atoms with Crippen molar-refractivity contribution in [3.05, 3.63) is 80.1 Å². The Labute approximate surface area is 212 Å². The van der Waals surface area contributed by atoms with E-state index in [1.54, 1.807) is 41.9 Å². The number of H-pyrrole nitrogens is 1. The topological polar surface area (TPSA) is 91.6 Å². The fraction of sp³-hybridized carbons (Fsp3) is 0.385. The number of furan rings is 1. The quantitative estimate of drug-likeness (QED) is 0.308. The number of rotatable bonds is 9. The molecule has 1 aliphatic carbocycles. The molecule has 9 heteroatoms. The summed E-state index contributed by atoms with van der Waals surface area (Å²) in [6.07, 6.45) is 6.33. The van der Waals surface area contributed by atoms with Crippen LogP contribution in [-0.4, -0.2) is 39.2 Å². The van der Waals surface area contributed by atoms with Crippen LogP contribution in [0, 0.1) is 0 Å². The average molecular weight is 514 g/mol. The molecule has 1 unspecified atom stereocenters. The van der Waals surface area contributed by atoms with Crippen LogP contribution in [0.3, 0.4) is 0 Å². The Bertz CT molecular complexity index is 1320. The van der Waals surface area contributed by atoms with Gasteiger partial charge in [0.25, 0.3) is 5.56 Å². The Morgan fingerprint density at radius 1 is 1.17 bits per heavy atom. The SMILES string of the molecule is O=c1[nH]c(CN(Cc2ccco2)CC(O)COc2ccc(Cl)cc2)nc2sc3c(c12)CCCCC3. The number of ether oxygens (including phenoxy) is 1. The van der Waals surface area contributed by atoms with E-state index in [-0.39, 0.29) is 12.2 Å². The maximum atomic E-state index is 13.0. The summed E-state index contributed by atoms with van der Waals surface area (Å²) in [6.45, 7) is 1.27. The van der Waals surface area contributed by atoms with Gasteiger partial charge in [0.05, 0.1) is 24.7 Å². The molecular formula is C26H28ClN3O4S. The fourth-order valence-electron chi connectivity index (χ4n) is 4.55. The Morgan fingerprint density at radius 3 is 2.80 bits per heavy atom. The van der Waals surface area contributed by atoms with E-state index in [0.29, 0.717) is 36.2 Å². The summed E-state index contributed by atoms with van der Waals surface area (Å²) >= 11 is 7.57. The van der Waals surface area contributed by atoms with Gasteiger partial charge >= 0.3 is 0 Å². The summed E-state index contributed by atoms with van der Waals surface area (Å²) in [4.78, 5) is 25.0. The van der Waals surface area contributed by atoms with E-state index in [1.165, 1.54) is 16.9 Å². The van der Waals surface area contributed by atoms with E-state index in [1.807, 2.05) is 17.0 Å². The van der Waals surface area contributed by atoms with Crippen molar-refractivity contribution in [2.45, 2.75) is 51.3 Å². The summed E-state index contributed by atoms with van der Waals surface area (Å²) in [5.41, 5.74) is 1.11. The first-order valence-corrected chi connectivity index (χ1v) is 13.1. The third-order valence-electron chi connectivity index (χ3n) is 6.18. The predicted molar refractivity (Wildman–Crippen MR) is 137 cm³/mol. The molecule has 0 spiro atoms. The zero-order valence-corrected chi connectivity index (χ0v) is 20.9. The van der Waals surface area contributed by atoms with E-state index >= 15 is 0 Å². The van der Waals surface area contributed by atoms with Gasteiger partial charge in [-0.2, -0.15) is 0 Å². The first-order chi connectivity index (χ1) is 17.0. The molecule has 0 amide bonds. The lowest BCUT2D eigenvalue weighted by Gasteiger charge is -2.24. The number of aliphatic hydroxyl groups excluding tert-OH is 1. The number of aryl methyl sites for hydroxylation is 2. The minimum atomic E-state index is -0.756. The number of fused-ring (bicyclic) bond motifs is 3. The first-order valence-electron chi connectivity index (χ1n) is 11.9. The molecule has 2 N–H and O–H groups in total. The molecule has 3 aromatic heterocycles. The first kappa shape index (κ1) is 24.1. The van der Waals surface area contributed by atoms with Gasteiger partial charge in [-0.05, 0) is 67.6 Å². The van der Waals surface area contributed by atoms with Crippen LogP contribution in [0.2, 0.25) is 5.02 Å². The van der Waals surface area contributed by atoms with Gasteiger partial charge in [0.15, 0.2) is 0 Å². The Kier molecular flexibility index (Phi) is 7.53. The molecule has 3 heterocycles. The van der Waals surface area contributed by atoms with E-state index in [2.05, 4.69) is 4.98 Å². The summed E-state index contributed by atoms with van der Waals surface area (Å²) in [5.74, 6) is 1.98. The summed E-state index contributed by atoms with van der Waals surface area (Å²) in [5, 5.41) is 12.1. The van der Waals surface area contributed by atoms with Crippen LogP contribution in [0.4, 0.5) is 0 Å². The predicted octanol–water partition coefficient (Wildman–Crippen LogP) is 4.94.